The molecule has 0 saturated heterocycles. The van der Waals surface area contributed by atoms with Crippen LogP contribution in [0.15, 0.2) is 65.6 Å². The van der Waals surface area contributed by atoms with Crippen molar-refractivity contribution in [2.75, 3.05) is 11.3 Å². The minimum atomic E-state index is -1.42. The van der Waals surface area contributed by atoms with E-state index in [1.807, 2.05) is 55.5 Å². The van der Waals surface area contributed by atoms with E-state index in [0.717, 1.165) is 16.3 Å². The molecule has 3 rings (SSSR count). The summed E-state index contributed by atoms with van der Waals surface area (Å²) >= 11 is 0. The lowest BCUT2D eigenvalue weighted by molar-refractivity contribution is 0.0525. The van der Waals surface area contributed by atoms with Crippen LogP contribution in [0.1, 0.15) is 22.8 Å². The van der Waals surface area contributed by atoms with E-state index in [0.29, 0.717) is 22.8 Å². The Morgan fingerprint density at radius 3 is 2.56 bits per heavy atom. The fourth-order valence-electron chi connectivity index (χ4n) is 2.56. The molecule has 5 heteroatoms. The van der Waals surface area contributed by atoms with Gasteiger partial charge in [-0.2, -0.15) is 0 Å². The van der Waals surface area contributed by atoms with Crippen LogP contribution >= 0.6 is 0 Å². The molecule has 0 aliphatic carbocycles. The zero-order valence-electron chi connectivity index (χ0n) is 14.1. The van der Waals surface area contributed by atoms with E-state index in [-0.39, 0.29) is 5.97 Å². The van der Waals surface area contributed by atoms with E-state index in [2.05, 4.69) is 4.72 Å². The van der Waals surface area contributed by atoms with Crippen molar-refractivity contribution in [2.24, 2.45) is 0 Å². The molecule has 1 unspecified atom stereocenters. The van der Waals surface area contributed by atoms with Gasteiger partial charge in [0.2, 0.25) is 0 Å². The van der Waals surface area contributed by atoms with E-state index in [1.54, 1.807) is 19.1 Å². The van der Waals surface area contributed by atoms with Gasteiger partial charge in [-0.25, -0.2) is 9.00 Å². The number of hydrogen-bond donors (Lipinski definition) is 1. The van der Waals surface area contributed by atoms with Crippen LogP contribution in [-0.4, -0.2) is 16.8 Å². The van der Waals surface area contributed by atoms with Gasteiger partial charge in [-0.3, -0.25) is 0 Å². The summed E-state index contributed by atoms with van der Waals surface area (Å²) in [7, 11) is -1.42. The summed E-state index contributed by atoms with van der Waals surface area (Å²) in [5.74, 6) is -0.375. The van der Waals surface area contributed by atoms with Crippen molar-refractivity contribution in [3.63, 3.8) is 0 Å². The first-order chi connectivity index (χ1) is 12.1. The Morgan fingerprint density at radius 1 is 1.04 bits per heavy atom. The highest BCUT2D eigenvalue weighted by Gasteiger charge is 2.12. The molecule has 0 saturated carbocycles. The summed E-state index contributed by atoms with van der Waals surface area (Å²) in [6.45, 7) is 3.93. The molecule has 0 aliphatic rings. The summed E-state index contributed by atoms with van der Waals surface area (Å²) in [4.78, 5) is 12.7. The van der Waals surface area contributed by atoms with Crippen LogP contribution in [0.2, 0.25) is 0 Å². The molecule has 0 radical (unpaired) electrons. The van der Waals surface area contributed by atoms with E-state index < -0.39 is 11.0 Å². The van der Waals surface area contributed by atoms with Crippen molar-refractivity contribution in [2.45, 2.75) is 18.7 Å². The number of rotatable bonds is 5. The Balaban J connectivity index is 1.84. The fraction of sp³-hybridized carbons (Fsp3) is 0.150. The van der Waals surface area contributed by atoms with Crippen LogP contribution in [0, 0.1) is 6.92 Å². The molecule has 0 fully saturated rings. The second-order valence-corrected chi connectivity index (χ2v) is 6.84. The van der Waals surface area contributed by atoms with Gasteiger partial charge in [0.15, 0.2) is 0 Å². The van der Waals surface area contributed by atoms with Crippen molar-refractivity contribution < 1.29 is 13.7 Å². The average Bonchev–Trinajstić information content (AvgIpc) is 2.63. The number of benzene rings is 3. The van der Waals surface area contributed by atoms with Gasteiger partial charge in [0.05, 0.1) is 17.1 Å². The number of esters is 1. The maximum Gasteiger partial charge on any atom is 0.338 e. The van der Waals surface area contributed by atoms with Crippen molar-refractivity contribution in [1.82, 2.24) is 0 Å². The molecule has 1 N–H and O–H groups in total. The maximum atomic E-state index is 12.6. The number of carbonyl (C=O) groups is 1. The average molecular weight is 353 g/mol. The van der Waals surface area contributed by atoms with Crippen molar-refractivity contribution >= 4 is 33.4 Å². The van der Waals surface area contributed by atoms with Crippen LogP contribution < -0.4 is 4.72 Å². The van der Waals surface area contributed by atoms with Crippen LogP contribution in [0.3, 0.4) is 0 Å². The minimum Gasteiger partial charge on any atom is -0.462 e. The van der Waals surface area contributed by atoms with Crippen LogP contribution in [0.4, 0.5) is 5.69 Å². The predicted octanol–water partition coefficient (Wildman–Crippen LogP) is 4.46. The molecule has 3 aromatic rings. The van der Waals surface area contributed by atoms with Gasteiger partial charge >= 0.3 is 5.97 Å². The summed E-state index contributed by atoms with van der Waals surface area (Å²) in [6, 6.07) is 18.9. The lowest BCUT2D eigenvalue weighted by Gasteiger charge is -2.10. The lowest BCUT2D eigenvalue weighted by Crippen LogP contribution is -2.09. The first-order valence-electron chi connectivity index (χ1n) is 8.03. The molecule has 0 aromatic heterocycles. The standard InChI is InChI=1S/C20H19NO3S/c1-3-24-20(22)19-13-17(10-8-14(19)2)21-25(23)18-11-9-15-6-4-5-7-16(15)12-18/h4-13,21H,3H2,1-2H3. The molecule has 0 heterocycles. The van der Waals surface area contributed by atoms with Gasteiger partial charge in [-0.1, -0.05) is 36.4 Å². The van der Waals surface area contributed by atoms with Crippen molar-refractivity contribution in [1.29, 1.82) is 0 Å². The van der Waals surface area contributed by atoms with Crippen LogP contribution in [0.5, 0.6) is 0 Å². The molecular weight excluding hydrogens is 334 g/mol. The summed E-state index contributed by atoms with van der Waals surface area (Å²) in [6.07, 6.45) is 0. The molecule has 0 aliphatic heterocycles. The smallest absolute Gasteiger partial charge is 0.338 e. The number of carbonyl (C=O) groups excluding carboxylic acids is 1. The minimum absolute atomic E-state index is 0.318. The van der Waals surface area contributed by atoms with Gasteiger partial charge in [0.1, 0.15) is 11.0 Å². The number of aryl methyl sites for hydroxylation is 1. The van der Waals surface area contributed by atoms with E-state index >= 15 is 0 Å². The first kappa shape index (κ1) is 17.2. The van der Waals surface area contributed by atoms with Gasteiger partial charge in [-0.15, -0.1) is 0 Å². The van der Waals surface area contributed by atoms with Crippen LogP contribution in [0.25, 0.3) is 10.8 Å². The normalized spacial score (nSPS) is 11.9. The zero-order chi connectivity index (χ0) is 17.8. The Labute approximate surface area is 149 Å². The number of hydrogen-bond acceptors (Lipinski definition) is 3. The van der Waals surface area contributed by atoms with Gasteiger partial charge in [0.25, 0.3) is 0 Å². The largest absolute Gasteiger partial charge is 0.462 e. The third kappa shape index (κ3) is 3.88. The van der Waals surface area contributed by atoms with Gasteiger partial charge in [0, 0.05) is 5.69 Å². The molecule has 0 bridgehead atoms. The molecular formula is C20H19NO3S. The van der Waals surface area contributed by atoms with E-state index in [1.165, 1.54) is 0 Å². The first-order valence-corrected chi connectivity index (χ1v) is 9.18. The quantitative estimate of drug-likeness (QED) is 0.689. The van der Waals surface area contributed by atoms with Crippen LogP contribution in [-0.2, 0) is 15.7 Å². The Hall–Kier alpha value is -2.66. The highest BCUT2D eigenvalue weighted by atomic mass is 32.2. The highest BCUT2D eigenvalue weighted by molar-refractivity contribution is 7.86. The SMILES string of the molecule is CCOC(=O)c1cc(NS(=O)c2ccc3ccccc3c2)ccc1C. The van der Waals surface area contributed by atoms with E-state index in [4.69, 9.17) is 4.74 Å². The Kier molecular flexibility index (Phi) is 5.14. The second kappa shape index (κ2) is 7.49. The van der Waals surface area contributed by atoms with E-state index in [9.17, 15) is 9.00 Å². The molecule has 3 aromatic carbocycles. The maximum absolute atomic E-state index is 12.6. The molecule has 4 nitrogen and oxygen atoms in total. The second-order valence-electron chi connectivity index (χ2n) is 5.63. The fourth-order valence-corrected chi connectivity index (χ4v) is 3.45. The topological polar surface area (TPSA) is 55.4 Å². The Morgan fingerprint density at radius 2 is 1.80 bits per heavy atom. The molecule has 128 valence electrons. The third-order valence-corrected chi connectivity index (χ3v) is 4.98. The van der Waals surface area contributed by atoms with Gasteiger partial charge < -0.3 is 9.46 Å². The molecule has 0 spiro atoms. The molecule has 0 amide bonds. The third-order valence-electron chi connectivity index (χ3n) is 3.88. The lowest BCUT2D eigenvalue weighted by atomic mass is 10.1. The summed E-state index contributed by atoms with van der Waals surface area (Å²) in [5, 5.41) is 2.13. The predicted molar refractivity (Wildman–Crippen MR) is 101 cm³/mol. The summed E-state index contributed by atoms with van der Waals surface area (Å²) in [5.41, 5.74) is 1.91. The highest BCUT2D eigenvalue weighted by Crippen LogP contribution is 2.21. The number of anilines is 1. The molecule has 25 heavy (non-hydrogen) atoms. The van der Waals surface area contributed by atoms with Crippen molar-refractivity contribution in [3.05, 3.63) is 71.8 Å². The monoisotopic (exact) mass is 353 g/mol. The van der Waals surface area contributed by atoms with Gasteiger partial charge in [-0.05, 0) is 54.4 Å². The number of nitrogens with one attached hydrogen (secondary N) is 1. The Bertz CT molecular complexity index is 953. The number of ether oxygens (including phenoxy) is 1. The summed E-state index contributed by atoms with van der Waals surface area (Å²) < 4.78 is 20.6. The zero-order valence-corrected chi connectivity index (χ0v) is 14.9. The number of fused-ring (bicyclic) bond motifs is 1. The molecule has 1 atom stereocenters. The van der Waals surface area contributed by atoms with Crippen molar-refractivity contribution in [3.8, 4) is 0 Å².